The van der Waals surface area contributed by atoms with Crippen molar-refractivity contribution in [1.29, 1.82) is 0 Å². The van der Waals surface area contributed by atoms with Crippen LogP contribution >= 0.6 is 0 Å². The first-order valence-electron chi connectivity index (χ1n) is 13.0. The third-order valence-electron chi connectivity index (χ3n) is 5.64. The molecule has 0 heterocycles. The molecule has 0 spiro atoms. The number of aliphatic hydroxyl groups is 2. The average molecular weight is 474 g/mol. The molecule has 0 saturated heterocycles. The maximum Gasteiger partial charge on any atom is 0.305 e. The molecule has 7 nitrogen and oxygen atoms in total. The van der Waals surface area contributed by atoms with Crippen LogP contribution in [0.4, 0.5) is 0 Å². The van der Waals surface area contributed by atoms with Crippen LogP contribution in [0, 0.1) is 11.8 Å². The van der Waals surface area contributed by atoms with Crippen molar-refractivity contribution >= 4 is 11.9 Å². The molecule has 0 aliphatic carbocycles. The lowest BCUT2D eigenvalue weighted by Crippen LogP contribution is -2.38. The summed E-state index contributed by atoms with van der Waals surface area (Å²) >= 11 is 0. The van der Waals surface area contributed by atoms with Gasteiger partial charge in [0.25, 0.3) is 0 Å². The molecule has 0 aliphatic heterocycles. The fourth-order valence-corrected chi connectivity index (χ4v) is 3.37. The van der Waals surface area contributed by atoms with E-state index in [9.17, 15) is 19.8 Å². The quantitative estimate of drug-likeness (QED) is 0.189. The maximum absolute atomic E-state index is 11.7. The number of aliphatic hydroxyl groups excluding tert-OH is 2. The van der Waals surface area contributed by atoms with Gasteiger partial charge in [-0.05, 0) is 56.9 Å². The average Bonchev–Trinajstić information content (AvgIpc) is 2.73. The lowest BCUT2D eigenvalue weighted by molar-refractivity contribution is -0.145. The summed E-state index contributed by atoms with van der Waals surface area (Å²) < 4.78 is 10.4. The molecule has 196 valence electrons. The molecule has 0 aromatic carbocycles. The van der Waals surface area contributed by atoms with Crippen LogP contribution in [-0.2, 0) is 19.1 Å². The van der Waals surface area contributed by atoms with Crippen LogP contribution in [0.1, 0.15) is 98.8 Å². The molecule has 7 heteroatoms. The van der Waals surface area contributed by atoms with Crippen molar-refractivity contribution in [2.45, 2.75) is 111 Å². The summed E-state index contributed by atoms with van der Waals surface area (Å²) in [6.07, 6.45) is 5.83. The zero-order chi connectivity index (χ0) is 25.1. The summed E-state index contributed by atoms with van der Waals surface area (Å²) in [6, 6.07) is 0. The molecular formula is C26H51NO6. The second kappa shape index (κ2) is 20.2. The number of nitrogens with zero attached hydrogens (tertiary/aromatic N) is 1. The highest BCUT2D eigenvalue weighted by atomic mass is 16.5. The predicted octanol–water partition coefficient (Wildman–Crippen LogP) is 4.33. The van der Waals surface area contributed by atoms with E-state index in [2.05, 4.69) is 32.6 Å². The molecule has 2 unspecified atom stereocenters. The highest BCUT2D eigenvalue weighted by Gasteiger charge is 2.15. The number of unbranched alkanes of at least 4 members (excludes halogenated alkanes) is 2. The molecule has 2 N–H and O–H groups in total. The first kappa shape index (κ1) is 31.8. The Morgan fingerprint density at radius 2 is 1.09 bits per heavy atom. The Morgan fingerprint density at radius 3 is 1.42 bits per heavy atom. The van der Waals surface area contributed by atoms with E-state index in [1.54, 1.807) is 0 Å². The van der Waals surface area contributed by atoms with Crippen LogP contribution < -0.4 is 0 Å². The van der Waals surface area contributed by atoms with E-state index in [-0.39, 0.29) is 11.9 Å². The molecule has 0 rings (SSSR count). The van der Waals surface area contributed by atoms with Crippen molar-refractivity contribution in [3.05, 3.63) is 0 Å². The Kier molecular flexibility index (Phi) is 19.5. The van der Waals surface area contributed by atoms with E-state index < -0.39 is 12.2 Å². The molecule has 0 fully saturated rings. The number of hydrogen-bond donors (Lipinski definition) is 2. The highest BCUT2D eigenvalue weighted by molar-refractivity contribution is 5.69. The van der Waals surface area contributed by atoms with E-state index >= 15 is 0 Å². The van der Waals surface area contributed by atoms with Gasteiger partial charge in [-0.2, -0.15) is 0 Å². The van der Waals surface area contributed by atoms with Crippen LogP contribution in [0.25, 0.3) is 0 Å². The molecule has 33 heavy (non-hydrogen) atoms. The van der Waals surface area contributed by atoms with Crippen molar-refractivity contribution < 1.29 is 29.3 Å². The van der Waals surface area contributed by atoms with Crippen molar-refractivity contribution in [3.63, 3.8) is 0 Å². The van der Waals surface area contributed by atoms with Gasteiger partial charge in [0.2, 0.25) is 0 Å². The molecule has 0 aliphatic rings. The number of likely N-dealkylation sites (N-methyl/N-ethyl adjacent to an activating group) is 1. The number of esters is 2. The number of carbonyl (C=O) groups is 2. The van der Waals surface area contributed by atoms with E-state index in [1.807, 2.05) is 6.92 Å². The van der Waals surface area contributed by atoms with Crippen molar-refractivity contribution in [2.75, 3.05) is 32.8 Å². The van der Waals surface area contributed by atoms with E-state index in [1.165, 1.54) is 0 Å². The first-order chi connectivity index (χ1) is 15.6. The monoisotopic (exact) mass is 473 g/mol. The van der Waals surface area contributed by atoms with Crippen molar-refractivity contribution in [2.24, 2.45) is 11.8 Å². The number of rotatable bonds is 21. The van der Waals surface area contributed by atoms with E-state index in [0.29, 0.717) is 76.7 Å². The standard InChI is InChI=1S/C26H51NO6/c1-6-27(19-23(28)11-7-9-13-25(30)32-17-15-21(2)3)20-24(29)12-8-10-14-26(31)33-18-16-22(4)5/h21-24,28-29H,6-20H2,1-5H3. The Hall–Kier alpha value is -1.18. The fraction of sp³-hybridized carbons (Fsp3) is 0.923. The van der Waals surface area contributed by atoms with Crippen LogP contribution in [0.2, 0.25) is 0 Å². The van der Waals surface area contributed by atoms with Crippen molar-refractivity contribution in [3.8, 4) is 0 Å². The van der Waals surface area contributed by atoms with Gasteiger partial charge in [-0.3, -0.25) is 14.5 Å². The van der Waals surface area contributed by atoms with Gasteiger partial charge in [0.05, 0.1) is 25.4 Å². The predicted molar refractivity (Wildman–Crippen MR) is 132 cm³/mol. The molecule has 2 atom stereocenters. The zero-order valence-electron chi connectivity index (χ0n) is 21.9. The summed E-state index contributed by atoms with van der Waals surface area (Å²) in [5.74, 6) is 0.729. The summed E-state index contributed by atoms with van der Waals surface area (Å²) in [6.45, 7) is 13.1. The summed E-state index contributed by atoms with van der Waals surface area (Å²) in [7, 11) is 0. The Labute approximate surface area is 202 Å². The minimum Gasteiger partial charge on any atom is -0.466 e. The molecule has 0 bridgehead atoms. The van der Waals surface area contributed by atoms with Gasteiger partial charge >= 0.3 is 11.9 Å². The third-order valence-corrected chi connectivity index (χ3v) is 5.64. The van der Waals surface area contributed by atoms with E-state index in [0.717, 1.165) is 32.2 Å². The Bertz CT molecular complexity index is 455. The lowest BCUT2D eigenvalue weighted by Gasteiger charge is -2.26. The topological polar surface area (TPSA) is 96.3 Å². The Balaban J connectivity index is 3.87. The summed E-state index contributed by atoms with van der Waals surface area (Å²) in [4.78, 5) is 25.4. The van der Waals surface area contributed by atoms with Crippen LogP contribution in [0.15, 0.2) is 0 Å². The highest BCUT2D eigenvalue weighted by Crippen LogP contribution is 2.10. The van der Waals surface area contributed by atoms with Gasteiger partial charge in [-0.15, -0.1) is 0 Å². The SMILES string of the molecule is CCN(CC(O)CCCCC(=O)OCCC(C)C)CC(O)CCCCC(=O)OCCC(C)C. The van der Waals surface area contributed by atoms with Gasteiger partial charge in [0.1, 0.15) is 0 Å². The van der Waals surface area contributed by atoms with Crippen LogP contribution in [0.5, 0.6) is 0 Å². The number of ether oxygens (including phenoxy) is 2. The smallest absolute Gasteiger partial charge is 0.305 e. The second-order valence-electron chi connectivity index (χ2n) is 9.96. The van der Waals surface area contributed by atoms with Gasteiger partial charge in [0.15, 0.2) is 0 Å². The Morgan fingerprint density at radius 1 is 0.697 bits per heavy atom. The van der Waals surface area contributed by atoms with Crippen molar-refractivity contribution in [1.82, 2.24) is 4.90 Å². The molecule has 0 saturated carbocycles. The van der Waals surface area contributed by atoms with Crippen LogP contribution in [0.3, 0.4) is 0 Å². The molecule has 0 amide bonds. The summed E-state index contributed by atoms with van der Waals surface area (Å²) in [5, 5.41) is 20.6. The minimum absolute atomic E-state index is 0.160. The van der Waals surface area contributed by atoms with Crippen LogP contribution in [-0.4, -0.2) is 72.1 Å². The zero-order valence-corrected chi connectivity index (χ0v) is 21.9. The van der Waals surface area contributed by atoms with Gasteiger partial charge in [0, 0.05) is 25.9 Å². The molecular weight excluding hydrogens is 422 g/mol. The molecule has 0 aromatic heterocycles. The number of hydrogen-bond acceptors (Lipinski definition) is 7. The fourth-order valence-electron chi connectivity index (χ4n) is 3.37. The lowest BCUT2D eigenvalue weighted by atomic mass is 10.1. The van der Waals surface area contributed by atoms with E-state index in [4.69, 9.17) is 9.47 Å². The van der Waals surface area contributed by atoms with Gasteiger partial charge < -0.3 is 19.7 Å². The second-order valence-corrected chi connectivity index (χ2v) is 9.96. The molecule has 0 aromatic rings. The number of carbonyl (C=O) groups excluding carboxylic acids is 2. The van der Waals surface area contributed by atoms with Gasteiger partial charge in [-0.25, -0.2) is 0 Å². The third kappa shape index (κ3) is 21.1. The molecule has 0 radical (unpaired) electrons. The first-order valence-corrected chi connectivity index (χ1v) is 13.0. The minimum atomic E-state index is -0.477. The maximum atomic E-state index is 11.7. The summed E-state index contributed by atoms with van der Waals surface area (Å²) in [5.41, 5.74) is 0. The largest absolute Gasteiger partial charge is 0.466 e. The normalized spacial score (nSPS) is 13.5. The van der Waals surface area contributed by atoms with Gasteiger partial charge in [-0.1, -0.05) is 47.5 Å².